The van der Waals surface area contributed by atoms with Crippen molar-refractivity contribution in [2.45, 2.75) is 38.1 Å². The average molecular weight is 310 g/mol. The van der Waals surface area contributed by atoms with Gasteiger partial charge in [0.25, 0.3) is 0 Å². The minimum atomic E-state index is -0.347. The molecular formula is C15H17ClFN3O. The van der Waals surface area contributed by atoms with E-state index in [9.17, 15) is 4.39 Å². The van der Waals surface area contributed by atoms with Crippen LogP contribution in [0.3, 0.4) is 0 Å². The normalized spacial score (nSPS) is 19.4. The van der Waals surface area contributed by atoms with Gasteiger partial charge in [0.1, 0.15) is 5.82 Å². The van der Waals surface area contributed by atoms with Crippen LogP contribution in [0.2, 0.25) is 5.02 Å². The molecule has 2 aromatic rings. The maximum atomic E-state index is 13.0. The van der Waals surface area contributed by atoms with E-state index in [0.29, 0.717) is 23.2 Å². The van der Waals surface area contributed by atoms with Gasteiger partial charge in [-0.1, -0.05) is 35.7 Å². The first-order chi connectivity index (χ1) is 10.2. The van der Waals surface area contributed by atoms with Crippen LogP contribution in [0.1, 0.15) is 49.0 Å². The Morgan fingerprint density at radius 1 is 1.33 bits per heavy atom. The van der Waals surface area contributed by atoms with Crippen molar-refractivity contribution in [2.75, 3.05) is 6.54 Å². The van der Waals surface area contributed by atoms with Crippen molar-refractivity contribution in [3.05, 3.63) is 46.3 Å². The molecule has 1 N–H and O–H groups in total. The molecule has 1 aromatic carbocycles. The average Bonchev–Trinajstić information content (AvgIpc) is 2.75. The van der Waals surface area contributed by atoms with Crippen molar-refractivity contribution in [2.24, 2.45) is 0 Å². The first kappa shape index (κ1) is 14.5. The van der Waals surface area contributed by atoms with E-state index in [1.54, 1.807) is 6.07 Å². The Hall–Kier alpha value is -1.46. The molecule has 1 aliphatic rings. The Bertz CT molecular complexity index is 609. The Morgan fingerprint density at radius 2 is 2.24 bits per heavy atom. The molecule has 1 fully saturated rings. The van der Waals surface area contributed by atoms with Gasteiger partial charge in [0.15, 0.2) is 5.82 Å². The molecule has 0 radical (unpaired) electrons. The molecule has 4 nitrogen and oxygen atoms in total. The second kappa shape index (κ2) is 6.54. The SMILES string of the molecule is Fc1ccc(Cc2noc(C3CCCCCN3)n2)c(Cl)c1. The van der Waals surface area contributed by atoms with Gasteiger partial charge in [-0.25, -0.2) is 4.39 Å². The lowest BCUT2D eigenvalue weighted by Crippen LogP contribution is -2.20. The largest absolute Gasteiger partial charge is 0.338 e. The molecule has 2 heterocycles. The third kappa shape index (κ3) is 3.60. The quantitative estimate of drug-likeness (QED) is 0.940. The van der Waals surface area contributed by atoms with Gasteiger partial charge < -0.3 is 9.84 Å². The van der Waals surface area contributed by atoms with Gasteiger partial charge in [0, 0.05) is 11.4 Å². The Morgan fingerprint density at radius 3 is 3.10 bits per heavy atom. The molecule has 1 aliphatic heterocycles. The second-order valence-electron chi connectivity index (χ2n) is 5.32. The third-order valence-corrected chi connectivity index (χ3v) is 4.06. The molecule has 1 aromatic heterocycles. The predicted molar refractivity (Wildman–Crippen MR) is 77.7 cm³/mol. The smallest absolute Gasteiger partial charge is 0.243 e. The first-order valence-corrected chi connectivity index (χ1v) is 7.60. The topological polar surface area (TPSA) is 51.0 Å². The molecule has 1 atom stereocenters. The molecule has 1 saturated heterocycles. The van der Waals surface area contributed by atoms with Crippen molar-refractivity contribution in [1.82, 2.24) is 15.5 Å². The summed E-state index contributed by atoms with van der Waals surface area (Å²) in [6.45, 7) is 0.978. The number of aromatic nitrogens is 2. The highest BCUT2D eigenvalue weighted by Crippen LogP contribution is 2.23. The number of benzene rings is 1. The molecule has 1 unspecified atom stereocenters. The molecular weight excluding hydrogens is 293 g/mol. The lowest BCUT2D eigenvalue weighted by molar-refractivity contribution is 0.325. The van der Waals surface area contributed by atoms with Crippen LogP contribution in [0.4, 0.5) is 4.39 Å². The Labute approximate surface area is 127 Å². The highest BCUT2D eigenvalue weighted by atomic mass is 35.5. The summed E-state index contributed by atoms with van der Waals surface area (Å²) < 4.78 is 18.4. The van der Waals surface area contributed by atoms with E-state index >= 15 is 0 Å². The molecule has 6 heteroatoms. The minimum Gasteiger partial charge on any atom is -0.338 e. The van der Waals surface area contributed by atoms with E-state index in [1.807, 2.05) is 0 Å². The fraction of sp³-hybridized carbons (Fsp3) is 0.467. The predicted octanol–water partition coefficient (Wildman–Crippen LogP) is 3.66. The fourth-order valence-corrected chi connectivity index (χ4v) is 2.79. The van der Waals surface area contributed by atoms with Crippen LogP contribution >= 0.6 is 11.6 Å². The standard InChI is InChI=1S/C15H17ClFN3O/c16-12-9-11(17)6-5-10(12)8-14-19-15(21-20-14)13-4-2-1-3-7-18-13/h5-6,9,13,18H,1-4,7-8H2. The van der Waals surface area contributed by atoms with E-state index in [0.717, 1.165) is 18.5 Å². The number of nitrogens with one attached hydrogen (secondary N) is 1. The summed E-state index contributed by atoms with van der Waals surface area (Å²) >= 11 is 6.02. The Balaban J connectivity index is 1.72. The number of hydrogen-bond donors (Lipinski definition) is 1. The maximum absolute atomic E-state index is 13.0. The second-order valence-corrected chi connectivity index (χ2v) is 5.72. The number of nitrogens with zero attached hydrogens (tertiary/aromatic N) is 2. The van der Waals surface area contributed by atoms with Crippen LogP contribution in [0, 0.1) is 5.82 Å². The zero-order valence-corrected chi connectivity index (χ0v) is 12.4. The lowest BCUT2D eigenvalue weighted by Gasteiger charge is -2.09. The number of hydrogen-bond acceptors (Lipinski definition) is 4. The highest BCUT2D eigenvalue weighted by Gasteiger charge is 2.20. The van der Waals surface area contributed by atoms with E-state index in [2.05, 4.69) is 15.5 Å². The highest BCUT2D eigenvalue weighted by molar-refractivity contribution is 6.31. The van der Waals surface area contributed by atoms with Crippen molar-refractivity contribution >= 4 is 11.6 Å². The summed E-state index contributed by atoms with van der Waals surface area (Å²) in [4.78, 5) is 4.44. The number of rotatable bonds is 3. The van der Waals surface area contributed by atoms with Gasteiger partial charge in [-0.15, -0.1) is 0 Å². The van der Waals surface area contributed by atoms with Gasteiger partial charge in [-0.3, -0.25) is 0 Å². The van der Waals surface area contributed by atoms with E-state index in [4.69, 9.17) is 16.1 Å². The monoisotopic (exact) mass is 309 g/mol. The van der Waals surface area contributed by atoms with Crippen LogP contribution in [-0.2, 0) is 6.42 Å². The third-order valence-electron chi connectivity index (χ3n) is 3.71. The molecule has 0 bridgehead atoms. The summed E-state index contributed by atoms with van der Waals surface area (Å²) in [5.41, 5.74) is 0.791. The van der Waals surface area contributed by atoms with Gasteiger partial charge in [0.05, 0.1) is 6.04 Å². The summed E-state index contributed by atoms with van der Waals surface area (Å²) in [5, 5.41) is 7.81. The molecule has 21 heavy (non-hydrogen) atoms. The Kier molecular flexibility index (Phi) is 4.51. The number of halogens is 2. The van der Waals surface area contributed by atoms with E-state index in [1.165, 1.54) is 31.4 Å². The minimum absolute atomic E-state index is 0.137. The summed E-state index contributed by atoms with van der Waals surface area (Å²) in [6.07, 6.45) is 5.03. The maximum Gasteiger partial charge on any atom is 0.243 e. The van der Waals surface area contributed by atoms with Gasteiger partial charge in [-0.2, -0.15) is 4.98 Å². The van der Waals surface area contributed by atoms with Crippen molar-refractivity contribution < 1.29 is 8.91 Å². The van der Waals surface area contributed by atoms with Crippen LogP contribution in [0.15, 0.2) is 22.7 Å². The molecule has 112 valence electrons. The lowest BCUT2D eigenvalue weighted by atomic mass is 10.1. The zero-order chi connectivity index (χ0) is 14.7. The summed E-state index contributed by atoms with van der Waals surface area (Å²) in [7, 11) is 0. The van der Waals surface area contributed by atoms with Gasteiger partial charge in [-0.05, 0) is 37.1 Å². The first-order valence-electron chi connectivity index (χ1n) is 7.22. The fourth-order valence-electron chi connectivity index (χ4n) is 2.56. The molecule has 0 amide bonds. The molecule has 0 aliphatic carbocycles. The molecule has 3 rings (SSSR count). The van der Waals surface area contributed by atoms with Crippen LogP contribution in [0.25, 0.3) is 0 Å². The van der Waals surface area contributed by atoms with Crippen LogP contribution in [-0.4, -0.2) is 16.7 Å². The van der Waals surface area contributed by atoms with Crippen LogP contribution < -0.4 is 5.32 Å². The molecule has 0 saturated carbocycles. The summed E-state index contributed by atoms with van der Waals surface area (Å²) in [6, 6.07) is 4.47. The summed E-state index contributed by atoms with van der Waals surface area (Å²) in [5.74, 6) is 0.856. The van der Waals surface area contributed by atoms with Crippen molar-refractivity contribution in [3.63, 3.8) is 0 Å². The van der Waals surface area contributed by atoms with Gasteiger partial charge >= 0.3 is 0 Å². The molecule has 0 spiro atoms. The van der Waals surface area contributed by atoms with Crippen molar-refractivity contribution in [3.8, 4) is 0 Å². The van der Waals surface area contributed by atoms with Gasteiger partial charge in [0.2, 0.25) is 5.89 Å². The van der Waals surface area contributed by atoms with E-state index < -0.39 is 0 Å². The zero-order valence-electron chi connectivity index (χ0n) is 11.6. The van der Waals surface area contributed by atoms with E-state index in [-0.39, 0.29) is 11.9 Å². The van der Waals surface area contributed by atoms with Crippen molar-refractivity contribution in [1.29, 1.82) is 0 Å². The van der Waals surface area contributed by atoms with Crippen LogP contribution in [0.5, 0.6) is 0 Å².